The maximum atomic E-state index is 13.0. The standard InChI is InChI=1S/C17H24FN3/c1-3-8-19-11-15(10-16-12-20-21(2)13-16)9-14-4-6-17(18)7-5-14/h4-7,12-13,15,19H,3,8-11H2,1-2H3. The second kappa shape index (κ2) is 7.93. The van der Waals surface area contributed by atoms with Crippen molar-refractivity contribution in [1.82, 2.24) is 15.1 Å². The number of halogens is 1. The van der Waals surface area contributed by atoms with Crippen molar-refractivity contribution in [3.63, 3.8) is 0 Å². The van der Waals surface area contributed by atoms with Crippen LogP contribution in [0, 0.1) is 11.7 Å². The van der Waals surface area contributed by atoms with Crippen LogP contribution in [0.15, 0.2) is 36.7 Å². The highest BCUT2D eigenvalue weighted by Gasteiger charge is 2.12. The molecule has 0 amide bonds. The summed E-state index contributed by atoms with van der Waals surface area (Å²) in [6, 6.07) is 6.84. The lowest BCUT2D eigenvalue weighted by molar-refractivity contribution is 0.470. The molecule has 0 aliphatic heterocycles. The van der Waals surface area contributed by atoms with Crippen LogP contribution in [0.1, 0.15) is 24.5 Å². The van der Waals surface area contributed by atoms with Gasteiger partial charge in [-0.15, -0.1) is 0 Å². The van der Waals surface area contributed by atoms with Crippen LogP contribution in [0.2, 0.25) is 0 Å². The number of aryl methyl sites for hydroxylation is 1. The van der Waals surface area contributed by atoms with Crippen molar-refractivity contribution in [3.8, 4) is 0 Å². The van der Waals surface area contributed by atoms with E-state index in [9.17, 15) is 4.39 Å². The van der Waals surface area contributed by atoms with E-state index in [0.717, 1.165) is 32.4 Å². The highest BCUT2D eigenvalue weighted by Crippen LogP contribution is 2.15. The topological polar surface area (TPSA) is 29.9 Å². The predicted molar refractivity (Wildman–Crippen MR) is 83.7 cm³/mol. The van der Waals surface area contributed by atoms with Gasteiger partial charge in [-0.2, -0.15) is 5.10 Å². The summed E-state index contributed by atoms with van der Waals surface area (Å²) in [4.78, 5) is 0. The Morgan fingerprint density at radius 1 is 1.19 bits per heavy atom. The first kappa shape index (κ1) is 15.7. The van der Waals surface area contributed by atoms with Gasteiger partial charge in [0.05, 0.1) is 6.20 Å². The van der Waals surface area contributed by atoms with Crippen molar-refractivity contribution >= 4 is 0 Å². The van der Waals surface area contributed by atoms with E-state index < -0.39 is 0 Å². The summed E-state index contributed by atoms with van der Waals surface area (Å²) in [5.74, 6) is 0.317. The molecule has 3 nitrogen and oxygen atoms in total. The smallest absolute Gasteiger partial charge is 0.123 e. The van der Waals surface area contributed by atoms with E-state index in [0.29, 0.717) is 5.92 Å². The van der Waals surface area contributed by atoms with Gasteiger partial charge in [-0.25, -0.2) is 4.39 Å². The molecule has 0 fully saturated rings. The molecule has 0 saturated carbocycles. The minimum absolute atomic E-state index is 0.174. The second-order valence-electron chi connectivity index (χ2n) is 5.63. The van der Waals surface area contributed by atoms with Crippen molar-refractivity contribution in [2.45, 2.75) is 26.2 Å². The van der Waals surface area contributed by atoms with Crippen molar-refractivity contribution < 1.29 is 4.39 Å². The molecule has 1 aromatic carbocycles. The third-order valence-electron chi connectivity index (χ3n) is 3.58. The highest BCUT2D eigenvalue weighted by molar-refractivity contribution is 5.17. The summed E-state index contributed by atoms with van der Waals surface area (Å²) in [5, 5.41) is 7.72. The molecular weight excluding hydrogens is 265 g/mol. The van der Waals surface area contributed by atoms with Gasteiger partial charge in [0, 0.05) is 13.2 Å². The van der Waals surface area contributed by atoms with Crippen molar-refractivity contribution in [2.75, 3.05) is 13.1 Å². The molecule has 1 N–H and O–H groups in total. The Morgan fingerprint density at radius 2 is 1.90 bits per heavy atom. The molecule has 114 valence electrons. The summed E-state index contributed by atoms with van der Waals surface area (Å²) in [5.41, 5.74) is 2.44. The highest BCUT2D eigenvalue weighted by atomic mass is 19.1. The average Bonchev–Trinajstić information content (AvgIpc) is 2.87. The quantitative estimate of drug-likeness (QED) is 0.757. The number of nitrogens with one attached hydrogen (secondary N) is 1. The molecule has 1 heterocycles. The van der Waals surface area contributed by atoms with E-state index >= 15 is 0 Å². The third kappa shape index (κ3) is 5.31. The van der Waals surface area contributed by atoms with Crippen LogP contribution in [0.3, 0.4) is 0 Å². The van der Waals surface area contributed by atoms with Crippen LogP contribution in [0.25, 0.3) is 0 Å². The van der Waals surface area contributed by atoms with Gasteiger partial charge < -0.3 is 5.32 Å². The Morgan fingerprint density at radius 3 is 2.52 bits per heavy atom. The molecule has 0 bridgehead atoms. The number of hydrogen-bond acceptors (Lipinski definition) is 2. The molecule has 0 saturated heterocycles. The lowest BCUT2D eigenvalue weighted by atomic mass is 9.93. The van der Waals surface area contributed by atoms with Gasteiger partial charge in [0.2, 0.25) is 0 Å². The van der Waals surface area contributed by atoms with Crippen LogP contribution >= 0.6 is 0 Å². The summed E-state index contributed by atoms with van der Waals surface area (Å²) >= 11 is 0. The van der Waals surface area contributed by atoms with Gasteiger partial charge in [-0.1, -0.05) is 19.1 Å². The molecule has 1 atom stereocenters. The largest absolute Gasteiger partial charge is 0.316 e. The molecule has 0 radical (unpaired) electrons. The molecule has 0 aliphatic rings. The number of rotatable bonds is 8. The number of hydrogen-bond donors (Lipinski definition) is 1. The normalized spacial score (nSPS) is 12.5. The number of benzene rings is 1. The maximum Gasteiger partial charge on any atom is 0.123 e. The SMILES string of the molecule is CCCNCC(Cc1ccc(F)cc1)Cc1cnn(C)c1. The van der Waals surface area contributed by atoms with E-state index in [4.69, 9.17) is 0 Å². The van der Waals surface area contributed by atoms with E-state index in [2.05, 4.69) is 23.5 Å². The van der Waals surface area contributed by atoms with Gasteiger partial charge in [-0.3, -0.25) is 4.68 Å². The minimum Gasteiger partial charge on any atom is -0.316 e. The van der Waals surface area contributed by atoms with E-state index in [-0.39, 0.29) is 5.82 Å². The van der Waals surface area contributed by atoms with Crippen LogP contribution in [-0.4, -0.2) is 22.9 Å². The molecule has 2 rings (SSSR count). The maximum absolute atomic E-state index is 13.0. The molecule has 1 unspecified atom stereocenters. The van der Waals surface area contributed by atoms with E-state index in [1.807, 2.05) is 30.1 Å². The molecular formula is C17H24FN3. The van der Waals surface area contributed by atoms with Crippen LogP contribution in [0.4, 0.5) is 4.39 Å². The first-order valence-corrected chi connectivity index (χ1v) is 7.60. The molecule has 2 aromatic rings. The lowest BCUT2D eigenvalue weighted by Crippen LogP contribution is -2.26. The van der Waals surface area contributed by atoms with Gasteiger partial charge in [0.25, 0.3) is 0 Å². The fourth-order valence-electron chi connectivity index (χ4n) is 2.56. The molecule has 0 aliphatic carbocycles. The van der Waals surface area contributed by atoms with Gasteiger partial charge in [0.1, 0.15) is 5.82 Å². The first-order valence-electron chi connectivity index (χ1n) is 7.60. The Bertz CT molecular complexity index is 533. The zero-order valence-corrected chi connectivity index (χ0v) is 12.8. The summed E-state index contributed by atoms with van der Waals surface area (Å²) in [6.45, 7) is 4.18. The van der Waals surface area contributed by atoms with Crippen molar-refractivity contribution in [2.24, 2.45) is 13.0 Å². The second-order valence-corrected chi connectivity index (χ2v) is 5.63. The molecule has 0 spiro atoms. The monoisotopic (exact) mass is 289 g/mol. The number of nitrogens with zero attached hydrogens (tertiary/aromatic N) is 2. The molecule has 4 heteroatoms. The third-order valence-corrected chi connectivity index (χ3v) is 3.58. The van der Waals surface area contributed by atoms with Crippen molar-refractivity contribution in [1.29, 1.82) is 0 Å². The lowest BCUT2D eigenvalue weighted by Gasteiger charge is -2.17. The fraction of sp³-hybridized carbons (Fsp3) is 0.471. The fourth-order valence-corrected chi connectivity index (χ4v) is 2.56. The summed E-state index contributed by atoms with van der Waals surface area (Å²) in [7, 11) is 1.94. The zero-order valence-electron chi connectivity index (χ0n) is 12.8. The summed E-state index contributed by atoms with van der Waals surface area (Å²) < 4.78 is 14.8. The molecule has 1 aromatic heterocycles. The number of aromatic nitrogens is 2. The average molecular weight is 289 g/mol. The zero-order chi connectivity index (χ0) is 15.1. The van der Waals surface area contributed by atoms with Crippen LogP contribution < -0.4 is 5.32 Å². The summed E-state index contributed by atoms with van der Waals surface area (Å²) in [6.07, 6.45) is 7.07. The van der Waals surface area contributed by atoms with E-state index in [1.165, 1.54) is 23.3 Å². The Labute approximate surface area is 126 Å². The van der Waals surface area contributed by atoms with Gasteiger partial charge in [0.15, 0.2) is 0 Å². The van der Waals surface area contributed by atoms with Crippen LogP contribution in [0.5, 0.6) is 0 Å². The molecule has 21 heavy (non-hydrogen) atoms. The Balaban J connectivity index is 1.98. The van der Waals surface area contributed by atoms with E-state index in [1.54, 1.807) is 0 Å². The van der Waals surface area contributed by atoms with Crippen molar-refractivity contribution in [3.05, 3.63) is 53.6 Å². The predicted octanol–water partition coefficient (Wildman–Crippen LogP) is 2.96. The van der Waals surface area contributed by atoms with Gasteiger partial charge >= 0.3 is 0 Å². The van der Waals surface area contributed by atoms with Crippen LogP contribution in [-0.2, 0) is 19.9 Å². The van der Waals surface area contributed by atoms with Gasteiger partial charge in [-0.05, 0) is 61.5 Å². The first-order chi connectivity index (χ1) is 10.2. The Hall–Kier alpha value is -1.68. The Kier molecular flexibility index (Phi) is 5.93. The minimum atomic E-state index is -0.174.